The number of anilines is 1. The van der Waals surface area contributed by atoms with Crippen molar-refractivity contribution in [2.24, 2.45) is 0 Å². The Morgan fingerprint density at radius 1 is 1.00 bits per heavy atom. The van der Waals surface area contributed by atoms with E-state index in [-0.39, 0.29) is 0 Å². The van der Waals surface area contributed by atoms with E-state index in [2.05, 4.69) is 15.2 Å². The SMILES string of the molecule is Nc1c(Cl)cccc1-c1nc(-c2ccccc2)n[nH]1. The third-order valence-corrected chi connectivity index (χ3v) is 3.16. The van der Waals surface area contributed by atoms with Crippen LogP contribution in [0.25, 0.3) is 22.8 Å². The first kappa shape index (κ1) is 11.7. The molecule has 0 aliphatic rings. The molecule has 0 aliphatic carbocycles. The van der Waals surface area contributed by atoms with Gasteiger partial charge in [0.2, 0.25) is 0 Å². The number of aromatic nitrogens is 3. The van der Waals surface area contributed by atoms with Gasteiger partial charge in [-0.15, -0.1) is 0 Å². The van der Waals surface area contributed by atoms with Gasteiger partial charge in [0.25, 0.3) is 0 Å². The topological polar surface area (TPSA) is 67.6 Å². The zero-order valence-corrected chi connectivity index (χ0v) is 10.7. The van der Waals surface area contributed by atoms with Gasteiger partial charge in [0.05, 0.1) is 10.7 Å². The van der Waals surface area contributed by atoms with Crippen LogP contribution >= 0.6 is 11.6 Å². The van der Waals surface area contributed by atoms with Crippen LogP contribution in [0.5, 0.6) is 0 Å². The summed E-state index contributed by atoms with van der Waals surface area (Å²) < 4.78 is 0. The predicted octanol–water partition coefficient (Wildman–Crippen LogP) is 3.37. The predicted molar refractivity (Wildman–Crippen MR) is 76.7 cm³/mol. The molecule has 0 saturated heterocycles. The molecular formula is C14H11ClN4. The van der Waals surface area contributed by atoms with E-state index in [1.807, 2.05) is 42.5 Å². The third kappa shape index (κ3) is 2.18. The summed E-state index contributed by atoms with van der Waals surface area (Å²) in [6, 6.07) is 15.2. The van der Waals surface area contributed by atoms with E-state index in [0.717, 1.165) is 11.1 Å². The monoisotopic (exact) mass is 270 g/mol. The van der Waals surface area contributed by atoms with Gasteiger partial charge in [-0.2, -0.15) is 5.10 Å². The number of H-pyrrole nitrogens is 1. The van der Waals surface area contributed by atoms with Gasteiger partial charge in [0.15, 0.2) is 11.6 Å². The summed E-state index contributed by atoms with van der Waals surface area (Å²) >= 11 is 6.00. The van der Waals surface area contributed by atoms with Crippen molar-refractivity contribution >= 4 is 17.3 Å². The first-order chi connectivity index (χ1) is 9.25. The van der Waals surface area contributed by atoms with E-state index in [0.29, 0.717) is 22.4 Å². The fourth-order valence-corrected chi connectivity index (χ4v) is 2.02. The Hall–Kier alpha value is -2.33. The van der Waals surface area contributed by atoms with Crippen molar-refractivity contribution in [3.63, 3.8) is 0 Å². The van der Waals surface area contributed by atoms with E-state index >= 15 is 0 Å². The molecule has 0 amide bonds. The maximum Gasteiger partial charge on any atom is 0.181 e. The van der Waals surface area contributed by atoms with Crippen LogP contribution in [0, 0.1) is 0 Å². The second-order valence-corrected chi connectivity index (χ2v) is 4.48. The van der Waals surface area contributed by atoms with Gasteiger partial charge < -0.3 is 5.73 Å². The smallest absolute Gasteiger partial charge is 0.181 e. The Balaban J connectivity index is 2.05. The van der Waals surface area contributed by atoms with Gasteiger partial charge >= 0.3 is 0 Å². The highest BCUT2D eigenvalue weighted by Gasteiger charge is 2.11. The fourth-order valence-electron chi connectivity index (χ4n) is 1.84. The normalized spacial score (nSPS) is 10.6. The van der Waals surface area contributed by atoms with Crippen molar-refractivity contribution in [3.05, 3.63) is 53.6 Å². The van der Waals surface area contributed by atoms with Gasteiger partial charge in [-0.05, 0) is 12.1 Å². The Bertz CT molecular complexity index is 706. The van der Waals surface area contributed by atoms with Gasteiger partial charge in [-0.1, -0.05) is 48.0 Å². The highest BCUT2D eigenvalue weighted by Crippen LogP contribution is 2.30. The number of benzene rings is 2. The lowest BCUT2D eigenvalue weighted by molar-refractivity contribution is 1.10. The first-order valence-corrected chi connectivity index (χ1v) is 6.15. The minimum Gasteiger partial charge on any atom is -0.397 e. The van der Waals surface area contributed by atoms with E-state index in [1.54, 1.807) is 6.07 Å². The molecule has 0 fully saturated rings. The molecule has 3 rings (SSSR count). The number of hydrogen-bond acceptors (Lipinski definition) is 3. The molecule has 0 bridgehead atoms. The van der Waals surface area contributed by atoms with Crippen molar-refractivity contribution in [1.82, 2.24) is 15.2 Å². The van der Waals surface area contributed by atoms with Crippen LogP contribution in [0.3, 0.4) is 0 Å². The zero-order chi connectivity index (χ0) is 13.2. The quantitative estimate of drug-likeness (QED) is 0.702. The summed E-state index contributed by atoms with van der Waals surface area (Å²) in [5, 5.41) is 7.60. The minimum atomic E-state index is 0.500. The van der Waals surface area contributed by atoms with Crippen LogP contribution in [0.2, 0.25) is 5.02 Å². The zero-order valence-electron chi connectivity index (χ0n) is 9.97. The molecule has 0 atom stereocenters. The molecule has 1 heterocycles. The lowest BCUT2D eigenvalue weighted by Crippen LogP contribution is -1.92. The average Bonchev–Trinajstić information content (AvgIpc) is 2.92. The van der Waals surface area contributed by atoms with Gasteiger partial charge in [0.1, 0.15) is 0 Å². The van der Waals surface area contributed by atoms with E-state index < -0.39 is 0 Å². The lowest BCUT2D eigenvalue weighted by Gasteiger charge is -2.02. The summed E-state index contributed by atoms with van der Waals surface area (Å²) in [7, 11) is 0. The van der Waals surface area contributed by atoms with Crippen LogP contribution in [0.15, 0.2) is 48.5 Å². The summed E-state index contributed by atoms with van der Waals surface area (Å²) in [5.74, 6) is 1.24. The van der Waals surface area contributed by atoms with Crippen LogP contribution < -0.4 is 5.73 Å². The summed E-state index contributed by atoms with van der Waals surface area (Å²) in [6.07, 6.45) is 0. The largest absolute Gasteiger partial charge is 0.397 e. The second-order valence-electron chi connectivity index (χ2n) is 4.07. The number of rotatable bonds is 2. The molecule has 2 aromatic carbocycles. The second kappa shape index (κ2) is 4.74. The Morgan fingerprint density at radius 2 is 1.79 bits per heavy atom. The summed E-state index contributed by atoms with van der Waals surface area (Å²) in [4.78, 5) is 4.45. The number of para-hydroxylation sites is 1. The molecule has 0 spiro atoms. The van der Waals surface area contributed by atoms with Gasteiger partial charge in [0, 0.05) is 11.1 Å². The molecule has 19 heavy (non-hydrogen) atoms. The Kier molecular flexibility index (Phi) is 2.93. The molecular weight excluding hydrogens is 260 g/mol. The van der Waals surface area contributed by atoms with Crippen LogP contribution in [0.1, 0.15) is 0 Å². The number of nitrogens with two attached hydrogens (primary N) is 1. The Morgan fingerprint density at radius 3 is 2.58 bits per heavy atom. The van der Waals surface area contributed by atoms with Crippen molar-refractivity contribution in [2.75, 3.05) is 5.73 Å². The molecule has 94 valence electrons. The van der Waals surface area contributed by atoms with Gasteiger partial charge in [-0.3, -0.25) is 5.10 Å². The maximum atomic E-state index is 6.00. The molecule has 0 aliphatic heterocycles. The number of halogens is 1. The number of nitrogens with one attached hydrogen (secondary N) is 1. The molecule has 4 nitrogen and oxygen atoms in total. The molecule has 3 N–H and O–H groups in total. The van der Waals surface area contributed by atoms with Crippen molar-refractivity contribution in [3.8, 4) is 22.8 Å². The van der Waals surface area contributed by atoms with Crippen LogP contribution in [-0.2, 0) is 0 Å². The first-order valence-electron chi connectivity index (χ1n) is 5.78. The number of aromatic amines is 1. The van der Waals surface area contributed by atoms with Crippen molar-refractivity contribution in [2.45, 2.75) is 0 Å². The minimum absolute atomic E-state index is 0.500. The molecule has 0 unspecified atom stereocenters. The van der Waals surface area contributed by atoms with E-state index in [1.165, 1.54) is 0 Å². The highest BCUT2D eigenvalue weighted by molar-refractivity contribution is 6.33. The summed E-state index contributed by atoms with van der Waals surface area (Å²) in [6.45, 7) is 0. The fraction of sp³-hybridized carbons (Fsp3) is 0. The number of nitrogen functional groups attached to an aromatic ring is 1. The average molecular weight is 271 g/mol. The van der Waals surface area contributed by atoms with E-state index in [9.17, 15) is 0 Å². The van der Waals surface area contributed by atoms with Crippen molar-refractivity contribution < 1.29 is 0 Å². The lowest BCUT2D eigenvalue weighted by atomic mass is 10.1. The molecule has 0 radical (unpaired) electrons. The molecule has 3 aromatic rings. The standard InChI is InChI=1S/C14H11ClN4/c15-11-8-4-7-10(12(11)16)14-17-13(18-19-14)9-5-2-1-3-6-9/h1-8H,16H2,(H,17,18,19). The molecule has 5 heteroatoms. The number of nitrogens with zero attached hydrogens (tertiary/aromatic N) is 2. The molecule has 0 saturated carbocycles. The molecule has 1 aromatic heterocycles. The third-order valence-electron chi connectivity index (χ3n) is 2.83. The van der Waals surface area contributed by atoms with Crippen LogP contribution in [0.4, 0.5) is 5.69 Å². The van der Waals surface area contributed by atoms with Crippen molar-refractivity contribution in [1.29, 1.82) is 0 Å². The summed E-state index contributed by atoms with van der Waals surface area (Å²) in [5.41, 5.74) is 8.14. The number of hydrogen-bond donors (Lipinski definition) is 2. The van der Waals surface area contributed by atoms with Crippen LogP contribution in [-0.4, -0.2) is 15.2 Å². The highest BCUT2D eigenvalue weighted by atomic mass is 35.5. The van der Waals surface area contributed by atoms with Gasteiger partial charge in [-0.25, -0.2) is 4.98 Å². The maximum absolute atomic E-state index is 6.00. The van der Waals surface area contributed by atoms with E-state index in [4.69, 9.17) is 17.3 Å². The Labute approximate surface area is 115 Å².